The second-order valence-corrected chi connectivity index (χ2v) is 5.60. The Labute approximate surface area is 125 Å². The van der Waals surface area contributed by atoms with Gasteiger partial charge in [-0.25, -0.2) is 4.39 Å². The van der Waals surface area contributed by atoms with E-state index >= 15 is 0 Å². The quantitative estimate of drug-likeness (QED) is 0.910. The lowest BCUT2D eigenvalue weighted by Crippen LogP contribution is -2.23. The third-order valence-electron chi connectivity index (χ3n) is 4.25. The molecule has 2 aromatic carbocycles. The first kappa shape index (κ1) is 14.1. The Morgan fingerprint density at radius 1 is 1.19 bits per heavy atom. The number of methoxy groups -OCH3 is 1. The molecule has 110 valence electrons. The van der Waals surface area contributed by atoms with Crippen LogP contribution in [0.1, 0.15) is 42.1 Å². The van der Waals surface area contributed by atoms with Crippen molar-refractivity contribution in [3.8, 4) is 5.75 Å². The summed E-state index contributed by atoms with van der Waals surface area (Å²) in [5.74, 6) is 0.727. The van der Waals surface area contributed by atoms with Gasteiger partial charge in [-0.15, -0.1) is 0 Å². The lowest BCUT2D eigenvalue weighted by atomic mass is 10.0. The highest BCUT2D eigenvalue weighted by molar-refractivity contribution is 5.36. The third kappa shape index (κ3) is 2.93. The molecule has 1 aliphatic rings. The number of nitrogens with one attached hydrogen (secondary N) is 1. The van der Waals surface area contributed by atoms with E-state index in [0.717, 1.165) is 24.2 Å². The molecule has 2 aromatic rings. The van der Waals surface area contributed by atoms with Crippen molar-refractivity contribution in [2.24, 2.45) is 0 Å². The first-order valence-corrected chi connectivity index (χ1v) is 7.35. The zero-order valence-electron chi connectivity index (χ0n) is 12.4. The number of aryl methyl sites for hydroxylation is 1. The topological polar surface area (TPSA) is 21.3 Å². The molecule has 0 fully saturated rings. The summed E-state index contributed by atoms with van der Waals surface area (Å²) in [5, 5.41) is 3.64. The van der Waals surface area contributed by atoms with Crippen LogP contribution in [0.2, 0.25) is 0 Å². The number of halogens is 1. The van der Waals surface area contributed by atoms with E-state index in [1.807, 2.05) is 18.2 Å². The van der Waals surface area contributed by atoms with E-state index in [9.17, 15) is 4.39 Å². The van der Waals surface area contributed by atoms with E-state index in [-0.39, 0.29) is 11.9 Å². The average Bonchev–Trinajstić information content (AvgIpc) is 2.89. The number of hydrogen-bond acceptors (Lipinski definition) is 2. The molecule has 0 aromatic heterocycles. The molecular formula is C18H20FNO. The SMILES string of the molecule is COc1ccc([C@@H](C)NC2CCc3cc(F)ccc32)cc1. The fraction of sp³-hybridized carbons (Fsp3) is 0.333. The highest BCUT2D eigenvalue weighted by Gasteiger charge is 2.24. The normalized spacial score (nSPS) is 18.3. The maximum atomic E-state index is 13.3. The van der Waals surface area contributed by atoms with Crippen molar-refractivity contribution >= 4 is 0 Å². The van der Waals surface area contributed by atoms with Gasteiger partial charge in [0.2, 0.25) is 0 Å². The summed E-state index contributed by atoms with van der Waals surface area (Å²) < 4.78 is 18.4. The molecule has 0 saturated heterocycles. The highest BCUT2D eigenvalue weighted by atomic mass is 19.1. The second kappa shape index (κ2) is 5.86. The monoisotopic (exact) mass is 285 g/mol. The Hall–Kier alpha value is -1.87. The zero-order chi connectivity index (χ0) is 14.8. The molecule has 2 nitrogen and oxygen atoms in total. The average molecular weight is 285 g/mol. The maximum Gasteiger partial charge on any atom is 0.123 e. The van der Waals surface area contributed by atoms with E-state index in [0.29, 0.717) is 6.04 Å². The Kier molecular flexibility index (Phi) is 3.93. The minimum absolute atomic E-state index is 0.141. The Bertz CT molecular complexity index is 624. The van der Waals surface area contributed by atoms with E-state index in [1.54, 1.807) is 19.2 Å². The van der Waals surface area contributed by atoms with Crippen LogP contribution in [0.25, 0.3) is 0 Å². The summed E-state index contributed by atoms with van der Waals surface area (Å²) >= 11 is 0. The lowest BCUT2D eigenvalue weighted by molar-refractivity contribution is 0.414. The summed E-state index contributed by atoms with van der Waals surface area (Å²) in [6.07, 6.45) is 1.97. The molecule has 0 aliphatic heterocycles. The van der Waals surface area contributed by atoms with Crippen LogP contribution in [0, 0.1) is 5.82 Å². The van der Waals surface area contributed by atoms with Gasteiger partial charge < -0.3 is 10.1 Å². The lowest BCUT2D eigenvalue weighted by Gasteiger charge is -2.21. The van der Waals surface area contributed by atoms with Gasteiger partial charge >= 0.3 is 0 Å². The van der Waals surface area contributed by atoms with Gasteiger partial charge in [-0.05, 0) is 60.7 Å². The van der Waals surface area contributed by atoms with Gasteiger partial charge in [-0.2, -0.15) is 0 Å². The largest absolute Gasteiger partial charge is 0.497 e. The molecule has 0 bridgehead atoms. The first-order valence-electron chi connectivity index (χ1n) is 7.35. The van der Waals surface area contributed by atoms with Gasteiger partial charge in [0.1, 0.15) is 11.6 Å². The summed E-state index contributed by atoms with van der Waals surface area (Å²) in [6, 6.07) is 13.8. The van der Waals surface area contributed by atoms with E-state index < -0.39 is 0 Å². The van der Waals surface area contributed by atoms with Gasteiger partial charge in [0.05, 0.1) is 7.11 Å². The van der Waals surface area contributed by atoms with Crippen LogP contribution in [0.15, 0.2) is 42.5 Å². The fourth-order valence-corrected chi connectivity index (χ4v) is 3.05. The van der Waals surface area contributed by atoms with Crippen molar-refractivity contribution in [2.75, 3.05) is 7.11 Å². The van der Waals surface area contributed by atoms with Crippen molar-refractivity contribution in [1.82, 2.24) is 5.32 Å². The molecule has 0 saturated carbocycles. The number of hydrogen-bond donors (Lipinski definition) is 1. The standard InChI is InChI=1S/C18H20FNO/c1-12(13-3-7-16(21-2)8-4-13)20-18-10-5-14-11-15(19)6-9-17(14)18/h3-4,6-9,11-12,18,20H,5,10H2,1-2H3/t12-,18?/m1/s1. The van der Waals surface area contributed by atoms with Crippen molar-refractivity contribution in [3.05, 3.63) is 65.0 Å². The number of rotatable bonds is 4. The highest BCUT2D eigenvalue weighted by Crippen LogP contribution is 2.33. The summed E-state index contributed by atoms with van der Waals surface area (Å²) in [7, 11) is 1.67. The van der Waals surface area contributed by atoms with Gasteiger partial charge in [-0.3, -0.25) is 0 Å². The van der Waals surface area contributed by atoms with Gasteiger partial charge in [-0.1, -0.05) is 18.2 Å². The van der Waals surface area contributed by atoms with Crippen LogP contribution < -0.4 is 10.1 Å². The second-order valence-electron chi connectivity index (χ2n) is 5.60. The molecule has 1 unspecified atom stereocenters. The molecule has 3 heteroatoms. The molecule has 2 atom stereocenters. The predicted molar refractivity (Wildman–Crippen MR) is 82.0 cm³/mol. The summed E-state index contributed by atoms with van der Waals surface area (Å²) in [5.41, 5.74) is 3.59. The van der Waals surface area contributed by atoms with Crippen LogP contribution in [0.4, 0.5) is 4.39 Å². The van der Waals surface area contributed by atoms with Crippen LogP contribution >= 0.6 is 0 Å². The molecular weight excluding hydrogens is 265 g/mol. The van der Waals surface area contributed by atoms with Crippen LogP contribution in [0.3, 0.4) is 0 Å². The molecule has 21 heavy (non-hydrogen) atoms. The number of ether oxygens (including phenoxy) is 1. The van der Waals surface area contributed by atoms with Gasteiger partial charge in [0.15, 0.2) is 0 Å². The summed E-state index contributed by atoms with van der Waals surface area (Å²) in [4.78, 5) is 0. The van der Waals surface area contributed by atoms with Gasteiger partial charge in [0, 0.05) is 12.1 Å². The number of benzene rings is 2. The van der Waals surface area contributed by atoms with Crippen LogP contribution in [-0.2, 0) is 6.42 Å². The Morgan fingerprint density at radius 2 is 1.95 bits per heavy atom. The molecule has 1 N–H and O–H groups in total. The smallest absolute Gasteiger partial charge is 0.123 e. The minimum Gasteiger partial charge on any atom is -0.497 e. The molecule has 3 rings (SSSR count). The minimum atomic E-state index is -0.141. The Balaban J connectivity index is 1.72. The first-order chi connectivity index (χ1) is 10.2. The predicted octanol–water partition coefficient (Wildman–Crippen LogP) is 4.17. The van der Waals surface area contributed by atoms with Gasteiger partial charge in [0.25, 0.3) is 0 Å². The Morgan fingerprint density at radius 3 is 2.67 bits per heavy atom. The summed E-state index contributed by atoms with van der Waals surface area (Å²) in [6.45, 7) is 2.16. The number of fused-ring (bicyclic) bond motifs is 1. The maximum absolute atomic E-state index is 13.3. The van der Waals surface area contributed by atoms with E-state index in [1.165, 1.54) is 11.1 Å². The zero-order valence-corrected chi connectivity index (χ0v) is 12.4. The fourth-order valence-electron chi connectivity index (χ4n) is 3.05. The molecule has 0 amide bonds. The molecule has 0 radical (unpaired) electrons. The van der Waals surface area contributed by atoms with Crippen molar-refractivity contribution in [2.45, 2.75) is 31.8 Å². The van der Waals surface area contributed by atoms with Crippen LogP contribution in [-0.4, -0.2) is 7.11 Å². The molecule has 1 aliphatic carbocycles. The van der Waals surface area contributed by atoms with Crippen LogP contribution in [0.5, 0.6) is 5.75 Å². The molecule has 0 spiro atoms. The third-order valence-corrected chi connectivity index (χ3v) is 4.25. The van der Waals surface area contributed by atoms with E-state index in [4.69, 9.17) is 4.74 Å². The van der Waals surface area contributed by atoms with Crippen molar-refractivity contribution < 1.29 is 9.13 Å². The van der Waals surface area contributed by atoms with Crippen molar-refractivity contribution in [1.29, 1.82) is 0 Å². The molecule has 0 heterocycles. The van der Waals surface area contributed by atoms with Crippen molar-refractivity contribution in [3.63, 3.8) is 0 Å². The van der Waals surface area contributed by atoms with E-state index in [2.05, 4.69) is 24.4 Å².